The molecule has 0 bridgehead atoms. The van der Waals surface area contributed by atoms with E-state index in [0.717, 1.165) is 47.8 Å². The summed E-state index contributed by atoms with van der Waals surface area (Å²) in [5.41, 5.74) is 4.04. The molecule has 1 amide bonds. The van der Waals surface area contributed by atoms with Gasteiger partial charge in [-0.2, -0.15) is 5.10 Å². The Morgan fingerprint density at radius 3 is 2.43 bits per heavy atom. The Bertz CT molecular complexity index is 977. The molecule has 0 spiro atoms. The molecule has 1 saturated heterocycles. The standard InChI is InChI=1S/C23H25FN4O2/c1-30-21-8-4-18(5-9-21)23-19(15-25-26-23)16-27-10-12-28(13-11-27)22(29)14-17-2-6-20(24)7-3-17/h2-9,15H,10-14,16H2,1H3,(H,25,26). The van der Waals surface area contributed by atoms with Gasteiger partial charge < -0.3 is 9.64 Å². The van der Waals surface area contributed by atoms with E-state index in [0.29, 0.717) is 19.5 Å². The number of halogens is 1. The van der Waals surface area contributed by atoms with E-state index in [9.17, 15) is 9.18 Å². The van der Waals surface area contributed by atoms with E-state index in [4.69, 9.17) is 4.74 Å². The molecule has 30 heavy (non-hydrogen) atoms. The predicted octanol–water partition coefficient (Wildman–Crippen LogP) is 3.11. The summed E-state index contributed by atoms with van der Waals surface area (Å²) in [6.07, 6.45) is 2.18. The van der Waals surface area contributed by atoms with Crippen LogP contribution in [0.5, 0.6) is 5.75 Å². The van der Waals surface area contributed by atoms with Gasteiger partial charge in [-0.25, -0.2) is 4.39 Å². The van der Waals surface area contributed by atoms with Gasteiger partial charge in [0.15, 0.2) is 0 Å². The van der Waals surface area contributed by atoms with Gasteiger partial charge in [-0.3, -0.25) is 14.8 Å². The van der Waals surface area contributed by atoms with Crippen molar-refractivity contribution in [3.8, 4) is 17.0 Å². The van der Waals surface area contributed by atoms with Crippen LogP contribution in [0.4, 0.5) is 4.39 Å². The van der Waals surface area contributed by atoms with E-state index in [1.807, 2.05) is 35.4 Å². The second-order valence-corrected chi connectivity index (χ2v) is 7.46. The lowest BCUT2D eigenvalue weighted by Crippen LogP contribution is -2.48. The number of aromatic amines is 1. The van der Waals surface area contributed by atoms with E-state index < -0.39 is 0 Å². The molecular weight excluding hydrogens is 383 g/mol. The number of nitrogens with zero attached hydrogens (tertiary/aromatic N) is 3. The summed E-state index contributed by atoms with van der Waals surface area (Å²) >= 11 is 0. The molecule has 0 unspecified atom stereocenters. The number of ether oxygens (including phenoxy) is 1. The average molecular weight is 408 g/mol. The first kappa shape index (κ1) is 20.1. The van der Waals surface area contributed by atoms with Crippen LogP contribution in [0.2, 0.25) is 0 Å². The number of hydrogen-bond donors (Lipinski definition) is 1. The maximum absolute atomic E-state index is 13.0. The maximum Gasteiger partial charge on any atom is 0.227 e. The molecule has 0 saturated carbocycles. The molecule has 0 atom stereocenters. The molecule has 1 fully saturated rings. The molecule has 2 heterocycles. The van der Waals surface area contributed by atoms with Crippen molar-refractivity contribution in [1.29, 1.82) is 0 Å². The van der Waals surface area contributed by atoms with E-state index in [2.05, 4.69) is 15.1 Å². The summed E-state index contributed by atoms with van der Waals surface area (Å²) in [6, 6.07) is 14.0. The van der Waals surface area contributed by atoms with Crippen LogP contribution in [0, 0.1) is 5.82 Å². The van der Waals surface area contributed by atoms with E-state index in [-0.39, 0.29) is 11.7 Å². The SMILES string of the molecule is COc1ccc(-c2[nH]ncc2CN2CCN(C(=O)Cc3ccc(F)cc3)CC2)cc1. The summed E-state index contributed by atoms with van der Waals surface area (Å²) in [4.78, 5) is 16.8. The van der Waals surface area contributed by atoms with Crippen LogP contribution in [0.15, 0.2) is 54.7 Å². The second-order valence-electron chi connectivity index (χ2n) is 7.46. The predicted molar refractivity (Wildman–Crippen MR) is 113 cm³/mol. The highest BCUT2D eigenvalue weighted by atomic mass is 19.1. The summed E-state index contributed by atoms with van der Waals surface area (Å²) < 4.78 is 18.3. The highest BCUT2D eigenvalue weighted by molar-refractivity contribution is 5.78. The highest BCUT2D eigenvalue weighted by Gasteiger charge is 2.22. The number of carbonyl (C=O) groups excluding carboxylic acids is 1. The lowest BCUT2D eigenvalue weighted by molar-refractivity contribution is -0.132. The minimum absolute atomic E-state index is 0.0866. The fourth-order valence-corrected chi connectivity index (χ4v) is 3.72. The molecule has 1 aliphatic rings. The van der Waals surface area contributed by atoms with Crippen LogP contribution in [-0.2, 0) is 17.8 Å². The molecule has 1 aliphatic heterocycles. The van der Waals surface area contributed by atoms with Gasteiger partial charge in [-0.05, 0) is 42.0 Å². The van der Waals surface area contributed by atoms with Crippen molar-refractivity contribution in [1.82, 2.24) is 20.0 Å². The van der Waals surface area contributed by atoms with E-state index in [1.165, 1.54) is 12.1 Å². The molecule has 1 N–H and O–H groups in total. The minimum Gasteiger partial charge on any atom is -0.497 e. The molecule has 3 aromatic rings. The number of benzene rings is 2. The van der Waals surface area contributed by atoms with E-state index in [1.54, 1.807) is 19.2 Å². The van der Waals surface area contributed by atoms with Crippen LogP contribution >= 0.6 is 0 Å². The van der Waals surface area contributed by atoms with E-state index >= 15 is 0 Å². The van der Waals surface area contributed by atoms with Crippen LogP contribution in [-0.4, -0.2) is 59.2 Å². The summed E-state index contributed by atoms with van der Waals surface area (Å²) in [5.74, 6) is 0.623. The van der Waals surface area contributed by atoms with Crippen LogP contribution < -0.4 is 4.74 Å². The number of carbonyl (C=O) groups is 1. The molecule has 156 valence electrons. The molecule has 1 aromatic heterocycles. The van der Waals surface area contributed by atoms with Crippen LogP contribution in [0.1, 0.15) is 11.1 Å². The van der Waals surface area contributed by atoms with Gasteiger partial charge in [0.2, 0.25) is 5.91 Å². The van der Waals surface area contributed by atoms with Gasteiger partial charge >= 0.3 is 0 Å². The molecule has 2 aromatic carbocycles. The van der Waals surface area contributed by atoms with Gasteiger partial charge in [0.05, 0.1) is 25.4 Å². The summed E-state index contributed by atoms with van der Waals surface area (Å²) in [7, 11) is 1.65. The van der Waals surface area contributed by atoms with Crippen LogP contribution in [0.25, 0.3) is 11.3 Å². The zero-order valence-electron chi connectivity index (χ0n) is 17.0. The number of rotatable bonds is 6. The number of H-pyrrole nitrogens is 1. The maximum atomic E-state index is 13.0. The van der Waals surface area contributed by atoms with Gasteiger partial charge in [0.25, 0.3) is 0 Å². The largest absolute Gasteiger partial charge is 0.497 e. The van der Waals surface area contributed by atoms with Crippen molar-refractivity contribution in [2.24, 2.45) is 0 Å². The third kappa shape index (κ3) is 4.68. The van der Waals surface area contributed by atoms with Gasteiger partial charge in [-0.1, -0.05) is 12.1 Å². The minimum atomic E-state index is -0.284. The lowest BCUT2D eigenvalue weighted by Gasteiger charge is -2.34. The Morgan fingerprint density at radius 2 is 1.77 bits per heavy atom. The van der Waals surface area contributed by atoms with Crippen molar-refractivity contribution >= 4 is 5.91 Å². The molecular formula is C23H25FN4O2. The average Bonchev–Trinajstić information content (AvgIpc) is 3.24. The first-order valence-corrected chi connectivity index (χ1v) is 10.0. The zero-order valence-corrected chi connectivity index (χ0v) is 17.0. The number of aromatic nitrogens is 2. The third-order valence-electron chi connectivity index (χ3n) is 5.48. The fraction of sp³-hybridized carbons (Fsp3) is 0.304. The highest BCUT2D eigenvalue weighted by Crippen LogP contribution is 2.25. The first-order valence-electron chi connectivity index (χ1n) is 10.0. The van der Waals surface area contributed by atoms with Crippen molar-refractivity contribution in [3.05, 3.63) is 71.7 Å². The monoisotopic (exact) mass is 408 g/mol. The molecule has 4 rings (SSSR count). The quantitative estimate of drug-likeness (QED) is 0.681. The second kappa shape index (κ2) is 9.09. The topological polar surface area (TPSA) is 61.5 Å². The van der Waals surface area contributed by atoms with Gasteiger partial charge in [0, 0.05) is 43.9 Å². The smallest absolute Gasteiger partial charge is 0.227 e. The number of hydrogen-bond acceptors (Lipinski definition) is 4. The lowest BCUT2D eigenvalue weighted by atomic mass is 10.1. The Hall–Kier alpha value is -3.19. The Morgan fingerprint density at radius 1 is 1.07 bits per heavy atom. The Balaban J connectivity index is 1.32. The first-order chi connectivity index (χ1) is 14.6. The van der Waals surface area contributed by atoms with Gasteiger partial charge in [0.1, 0.15) is 11.6 Å². The van der Waals surface area contributed by atoms with Crippen molar-refractivity contribution in [2.75, 3.05) is 33.3 Å². The number of nitrogens with one attached hydrogen (secondary N) is 1. The summed E-state index contributed by atoms with van der Waals surface area (Å²) in [5, 5.41) is 7.33. The molecule has 0 aliphatic carbocycles. The Labute approximate surface area is 175 Å². The Kier molecular flexibility index (Phi) is 6.09. The molecule has 0 radical (unpaired) electrons. The fourth-order valence-electron chi connectivity index (χ4n) is 3.72. The molecule has 7 heteroatoms. The number of amides is 1. The third-order valence-corrected chi connectivity index (χ3v) is 5.48. The molecule has 6 nitrogen and oxygen atoms in total. The number of methoxy groups -OCH3 is 1. The zero-order chi connectivity index (χ0) is 20.9. The van der Waals surface area contributed by atoms with Gasteiger partial charge in [-0.15, -0.1) is 0 Å². The number of piperazine rings is 1. The van der Waals surface area contributed by atoms with Crippen molar-refractivity contribution in [2.45, 2.75) is 13.0 Å². The summed E-state index contributed by atoms with van der Waals surface area (Å²) in [6.45, 7) is 3.77. The van der Waals surface area contributed by atoms with Crippen LogP contribution in [0.3, 0.4) is 0 Å². The van der Waals surface area contributed by atoms with Crippen molar-refractivity contribution < 1.29 is 13.9 Å². The normalized spacial score (nSPS) is 14.7. The van der Waals surface area contributed by atoms with Crippen molar-refractivity contribution in [3.63, 3.8) is 0 Å².